The Kier molecular flexibility index (Phi) is 11.3. The Morgan fingerprint density at radius 2 is 1.22 bits per heavy atom. The van der Waals surface area contributed by atoms with E-state index >= 15 is 0 Å². The molecular weight excluding hydrogens is 224 g/mol. The molecule has 0 N–H and O–H groups in total. The normalized spacial score (nSPS) is 10.0. The van der Waals surface area contributed by atoms with E-state index in [9.17, 15) is 0 Å². The molecule has 0 saturated heterocycles. The van der Waals surface area contributed by atoms with E-state index in [2.05, 4.69) is 40.3 Å². The van der Waals surface area contributed by atoms with Crippen LogP contribution in [0.1, 0.15) is 0 Å². The minimum absolute atomic E-state index is 0.667. The summed E-state index contributed by atoms with van der Waals surface area (Å²) in [5, 5.41) is 0. The van der Waals surface area contributed by atoms with E-state index in [1.54, 1.807) is 0 Å². The lowest BCUT2D eigenvalue weighted by molar-refractivity contribution is 0.571. The molecule has 0 aliphatic rings. The van der Waals surface area contributed by atoms with Crippen LogP contribution in [-0.2, 0) is 14.5 Å². The highest BCUT2D eigenvalue weighted by Gasteiger charge is 1.90. The summed E-state index contributed by atoms with van der Waals surface area (Å²) in [5.74, 6) is 0. The van der Waals surface area contributed by atoms with E-state index in [0.29, 0.717) is 37.0 Å². The maximum absolute atomic E-state index is 4.46. The zero-order valence-electron chi connectivity index (χ0n) is 3.75. The van der Waals surface area contributed by atoms with Crippen LogP contribution in [0.3, 0.4) is 0 Å². The number of hydrogen-bond donors (Lipinski definition) is 2. The lowest BCUT2D eigenvalue weighted by atomic mass is 15.8. The highest BCUT2D eigenvalue weighted by atomic mass is 32.3. The summed E-state index contributed by atoms with van der Waals surface area (Å²) < 4.78 is 17.2. The molecule has 0 saturated carbocycles. The quantitative estimate of drug-likeness (QED) is 0.409. The minimum atomic E-state index is 0.667. The number of rotatable bonds is 6. The van der Waals surface area contributed by atoms with Gasteiger partial charge in [0.2, 0.25) is 0 Å². The van der Waals surface area contributed by atoms with Gasteiger partial charge in [-0.15, -0.1) is 0 Å². The summed E-state index contributed by atoms with van der Waals surface area (Å²) in [6.07, 6.45) is 0. The molecule has 0 unspecified atom stereocenters. The fourth-order valence-electron chi connectivity index (χ4n) is 0.0589. The zero-order valence-corrected chi connectivity index (χ0v) is 7.99. The molecule has 0 aliphatic heterocycles. The predicted octanol–water partition coefficient (Wildman–Crippen LogP) is 2.43. The zero-order chi connectivity index (χ0) is 6.95. The third kappa shape index (κ3) is 9.59. The maximum Gasteiger partial charge on any atom is 0.188 e. The summed E-state index contributed by atoms with van der Waals surface area (Å²) in [6.45, 7) is 0. The predicted molar refractivity (Wildman–Crippen MR) is 45.1 cm³/mol. The second-order valence-corrected chi connectivity index (χ2v) is 3.18. The molecule has 0 aromatic carbocycles. The minimum Gasteiger partial charge on any atom is -0.222 e. The van der Waals surface area contributed by atoms with Gasteiger partial charge in [-0.3, -0.25) is 0 Å². The van der Waals surface area contributed by atoms with E-state index < -0.39 is 0 Å². The fourth-order valence-corrected chi connectivity index (χ4v) is 1.18. The van der Waals surface area contributed by atoms with Crippen LogP contribution in [0, 0.1) is 0 Å². The number of thiol groups is 2. The molecule has 0 heterocycles. The van der Waals surface area contributed by atoms with Gasteiger partial charge >= 0.3 is 0 Å². The SMILES string of the molecule is SOSOSOSOS. The Morgan fingerprint density at radius 1 is 0.778 bits per heavy atom. The Balaban J connectivity index is 2.60. The van der Waals surface area contributed by atoms with Crippen molar-refractivity contribution < 1.29 is 14.5 Å². The van der Waals surface area contributed by atoms with Crippen LogP contribution in [0.2, 0.25) is 0 Å². The van der Waals surface area contributed by atoms with Crippen LogP contribution in [-0.4, -0.2) is 0 Å². The van der Waals surface area contributed by atoms with Crippen molar-refractivity contribution in [3.05, 3.63) is 0 Å². The summed E-state index contributed by atoms with van der Waals surface area (Å²) in [6, 6.07) is 0. The van der Waals surface area contributed by atoms with Gasteiger partial charge in [-0.25, -0.2) is 7.26 Å². The Hall–Kier alpha value is 1.59. The molecule has 9 heavy (non-hydrogen) atoms. The van der Waals surface area contributed by atoms with Gasteiger partial charge in [0.25, 0.3) is 0 Å². The molecule has 0 spiro atoms. The van der Waals surface area contributed by atoms with Crippen molar-refractivity contribution in [2.75, 3.05) is 0 Å². The van der Waals surface area contributed by atoms with Crippen LogP contribution in [0.5, 0.6) is 0 Å². The van der Waals surface area contributed by atoms with Gasteiger partial charge in [0.15, 0.2) is 37.0 Å². The average molecular weight is 226 g/mol. The highest BCUT2D eigenvalue weighted by molar-refractivity contribution is 8.11. The molecule has 0 fully saturated rings. The molecule has 0 atom stereocenters. The van der Waals surface area contributed by atoms with Crippen LogP contribution >= 0.6 is 62.8 Å². The third-order valence-electron chi connectivity index (χ3n) is 0.172. The van der Waals surface area contributed by atoms with Crippen molar-refractivity contribution in [1.82, 2.24) is 0 Å². The second-order valence-electron chi connectivity index (χ2n) is 0.489. The molecular formula is H2O4S5. The fraction of sp³-hybridized carbons (Fsp3) is 0. The van der Waals surface area contributed by atoms with Crippen molar-refractivity contribution >= 4 is 62.8 Å². The van der Waals surface area contributed by atoms with Gasteiger partial charge in [0, 0.05) is 0 Å². The molecule has 0 bridgehead atoms. The van der Waals surface area contributed by atoms with Crippen LogP contribution in [0.15, 0.2) is 0 Å². The highest BCUT2D eigenvalue weighted by Crippen LogP contribution is 2.23. The Labute approximate surface area is 77.2 Å². The van der Waals surface area contributed by atoms with Gasteiger partial charge in [-0.05, 0) is 25.8 Å². The van der Waals surface area contributed by atoms with Crippen LogP contribution < -0.4 is 0 Å². The van der Waals surface area contributed by atoms with E-state index in [1.807, 2.05) is 0 Å². The molecule has 0 amide bonds. The lowest BCUT2D eigenvalue weighted by Gasteiger charge is -1.92. The van der Waals surface area contributed by atoms with E-state index in [4.69, 9.17) is 0 Å². The molecule has 0 aromatic heterocycles. The smallest absolute Gasteiger partial charge is 0.188 e. The molecule has 0 aromatic rings. The molecule has 0 rings (SSSR count). The number of hydrogen-bond acceptors (Lipinski definition) is 9. The first-order valence-corrected chi connectivity index (χ1v) is 4.10. The van der Waals surface area contributed by atoms with Gasteiger partial charge in [0.1, 0.15) is 0 Å². The first-order chi connectivity index (χ1) is 4.41. The van der Waals surface area contributed by atoms with Gasteiger partial charge in [-0.1, -0.05) is 0 Å². The third-order valence-corrected chi connectivity index (χ3v) is 1.55. The lowest BCUT2D eigenvalue weighted by Crippen LogP contribution is -1.64. The van der Waals surface area contributed by atoms with Crippen molar-refractivity contribution in [2.24, 2.45) is 0 Å². The maximum atomic E-state index is 4.46. The summed E-state index contributed by atoms with van der Waals surface area (Å²) in [5.41, 5.74) is 0. The van der Waals surface area contributed by atoms with Gasteiger partial charge < -0.3 is 0 Å². The molecule has 9 heteroatoms. The van der Waals surface area contributed by atoms with E-state index in [1.165, 1.54) is 0 Å². The van der Waals surface area contributed by atoms with Gasteiger partial charge in [0.05, 0.1) is 0 Å². The Bertz CT molecular complexity index is 42.2. The van der Waals surface area contributed by atoms with Crippen molar-refractivity contribution in [3.8, 4) is 0 Å². The van der Waals surface area contributed by atoms with E-state index in [-0.39, 0.29) is 0 Å². The van der Waals surface area contributed by atoms with Crippen molar-refractivity contribution in [1.29, 1.82) is 0 Å². The topological polar surface area (TPSA) is 36.9 Å². The molecule has 56 valence electrons. The summed E-state index contributed by atoms with van der Waals surface area (Å²) in [4.78, 5) is 0. The molecule has 4 nitrogen and oxygen atoms in total. The van der Waals surface area contributed by atoms with Crippen molar-refractivity contribution in [2.45, 2.75) is 0 Å². The Morgan fingerprint density at radius 3 is 1.56 bits per heavy atom. The van der Waals surface area contributed by atoms with Crippen LogP contribution in [0.4, 0.5) is 0 Å². The van der Waals surface area contributed by atoms with Crippen LogP contribution in [0.25, 0.3) is 0 Å². The summed E-state index contributed by atoms with van der Waals surface area (Å²) >= 11 is 8.74. The second kappa shape index (κ2) is 9.59. The van der Waals surface area contributed by atoms with Crippen molar-refractivity contribution in [3.63, 3.8) is 0 Å². The first-order valence-electron chi connectivity index (χ1n) is 1.37. The average Bonchev–Trinajstić information content (AvgIpc) is 1.89. The summed E-state index contributed by atoms with van der Waals surface area (Å²) in [7, 11) is 0. The molecule has 0 aliphatic carbocycles. The monoisotopic (exact) mass is 226 g/mol. The largest absolute Gasteiger partial charge is 0.222 e. The van der Waals surface area contributed by atoms with E-state index in [0.717, 1.165) is 0 Å². The molecule has 0 radical (unpaired) electrons. The standard InChI is InChI=1S/H2O4S5/c5-1-7-3-9-4-8-2-6/h5-6H. The first kappa shape index (κ1) is 10.6. The van der Waals surface area contributed by atoms with Gasteiger partial charge in [-0.2, -0.15) is 7.26 Å².